The van der Waals surface area contributed by atoms with Crippen molar-refractivity contribution < 1.29 is 15.0 Å². The largest absolute Gasteiger partial charge is 0.502 e. The van der Waals surface area contributed by atoms with Gasteiger partial charge >= 0.3 is 0 Å². The Morgan fingerprint density at radius 2 is 1.80 bits per heavy atom. The molecule has 2 atom stereocenters. The SMILES string of the molecule is O=C1c2c(O)c(=O)ccn2N2CN1CC(O)CCC2c1ccccc1. The van der Waals surface area contributed by atoms with E-state index in [-0.39, 0.29) is 24.9 Å². The van der Waals surface area contributed by atoms with Gasteiger partial charge in [-0.25, -0.2) is 0 Å². The zero-order valence-electron chi connectivity index (χ0n) is 13.6. The van der Waals surface area contributed by atoms with E-state index < -0.39 is 23.2 Å². The quantitative estimate of drug-likeness (QED) is 0.801. The molecular weight excluding hydrogens is 322 g/mol. The summed E-state index contributed by atoms with van der Waals surface area (Å²) in [6, 6.07) is 11.0. The van der Waals surface area contributed by atoms with Crippen LogP contribution in [0, 0.1) is 0 Å². The number of carbonyl (C=O) groups excluding carboxylic acids is 1. The first-order valence-electron chi connectivity index (χ1n) is 8.30. The minimum absolute atomic E-state index is 0.0474. The van der Waals surface area contributed by atoms with E-state index in [9.17, 15) is 19.8 Å². The fourth-order valence-corrected chi connectivity index (χ4v) is 3.64. The molecule has 130 valence electrons. The maximum atomic E-state index is 12.7. The van der Waals surface area contributed by atoms with E-state index in [2.05, 4.69) is 0 Å². The van der Waals surface area contributed by atoms with Gasteiger partial charge in [-0.15, -0.1) is 0 Å². The van der Waals surface area contributed by atoms with Gasteiger partial charge in [0.2, 0.25) is 5.43 Å². The summed E-state index contributed by atoms with van der Waals surface area (Å²) in [5, 5.41) is 22.4. The van der Waals surface area contributed by atoms with E-state index in [4.69, 9.17) is 0 Å². The van der Waals surface area contributed by atoms with Crippen molar-refractivity contribution >= 4 is 5.91 Å². The molecule has 0 saturated carbocycles. The van der Waals surface area contributed by atoms with Crippen molar-refractivity contribution in [1.29, 1.82) is 0 Å². The van der Waals surface area contributed by atoms with Crippen LogP contribution in [-0.4, -0.2) is 45.0 Å². The Hall–Kier alpha value is -2.80. The normalized spacial score (nSPS) is 23.0. The van der Waals surface area contributed by atoms with Crippen LogP contribution < -0.4 is 10.4 Å². The van der Waals surface area contributed by atoms with Gasteiger partial charge in [-0.3, -0.25) is 19.3 Å². The van der Waals surface area contributed by atoms with Crippen LogP contribution in [-0.2, 0) is 0 Å². The Balaban J connectivity index is 1.89. The molecule has 1 amide bonds. The lowest BCUT2D eigenvalue weighted by molar-refractivity contribution is 0.0447. The minimum atomic E-state index is -0.638. The summed E-state index contributed by atoms with van der Waals surface area (Å²) in [4.78, 5) is 26.0. The number of aliphatic hydroxyl groups is 1. The fraction of sp³-hybridized carbons (Fsp3) is 0.333. The third-order valence-corrected chi connectivity index (χ3v) is 4.88. The molecule has 0 radical (unpaired) electrons. The second-order valence-corrected chi connectivity index (χ2v) is 6.49. The summed E-state index contributed by atoms with van der Waals surface area (Å²) in [7, 11) is 0. The molecule has 2 N–H and O–H groups in total. The molecule has 2 aliphatic rings. The van der Waals surface area contributed by atoms with Crippen molar-refractivity contribution in [2.75, 3.05) is 18.2 Å². The lowest BCUT2D eigenvalue weighted by Crippen LogP contribution is -2.58. The highest BCUT2D eigenvalue weighted by Crippen LogP contribution is 2.32. The van der Waals surface area contributed by atoms with E-state index >= 15 is 0 Å². The predicted molar refractivity (Wildman–Crippen MR) is 90.9 cm³/mol. The smallest absolute Gasteiger partial charge is 0.277 e. The Morgan fingerprint density at radius 3 is 2.56 bits per heavy atom. The molecule has 1 aromatic carbocycles. The summed E-state index contributed by atoms with van der Waals surface area (Å²) >= 11 is 0. The maximum absolute atomic E-state index is 12.7. The van der Waals surface area contributed by atoms with Gasteiger partial charge in [-0.2, -0.15) is 0 Å². The van der Waals surface area contributed by atoms with Crippen molar-refractivity contribution in [3.05, 3.63) is 64.1 Å². The zero-order chi connectivity index (χ0) is 17.6. The Labute approximate surface area is 144 Å². The molecule has 25 heavy (non-hydrogen) atoms. The molecule has 0 aliphatic carbocycles. The van der Waals surface area contributed by atoms with Crippen LogP contribution in [0.2, 0.25) is 0 Å². The van der Waals surface area contributed by atoms with Crippen LogP contribution >= 0.6 is 0 Å². The number of fused-ring (bicyclic) bond motifs is 4. The summed E-state index contributed by atoms with van der Waals surface area (Å²) in [6.07, 6.45) is 2.14. The first-order valence-corrected chi connectivity index (χ1v) is 8.30. The van der Waals surface area contributed by atoms with E-state index in [1.54, 1.807) is 4.68 Å². The third-order valence-electron chi connectivity index (χ3n) is 4.88. The number of pyridine rings is 1. The van der Waals surface area contributed by atoms with Gasteiger partial charge in [0.25, 0.3) is 5.91 Å². The fourth-order valence-electron chi connectivity index (χ4n) is 3.64. The molecule has 2 unspecified atom stereocenters. The minimum Gasteiger partial charge on any atom is -0.502 e. The molecule has 7 heteroatoms. The third kappa shape index (κ3) is 2.56. The standard InChI is InChI=1S/C18H19N3O4/c22-13-6-7-14(12-4-2-1-3-5-12)21-11-19(10-13)18(25)16-17(24)15(23)8-9-20(16)21/h1-5,8-9,13-14,22,24H,6-7,10-11H2. The van der Waals surface area contributed by atoms with Crippen molar-refractivity contribution in [2.24, 2.45) is 0 Å². The lowest BCUT2D eigenvalue weighted by Gasteiger charge is -2.46. The van der Waals surface area contributed by atoms with E-state index in [0.717, 1.165) is 5.56 Å². The molecule has 1 aromatic heterocycles. The van der Waals surface area contributed by atoms with Crippen LogP contribution in [0.25, 0.3) is 0 Å². The highest BCUT2D eigenvalue weighted by molar-refractivity contribution is 5.96. The summed E-state index contributed by atoms with van der Waals surface area (Å²) in [5.74, 6) is -0.997. The van der Waals surface area contributed by atoms with Crippen LogP contribution in [0.5, 0.6) is 5.75 Å². The van der Waals surface area contributed by atoms with Gasteiger partial charge in [0.15, 0.2) is 11.4 Å². The molecule has 2 aliphatic heterocycles. The van der Waals surface area contributed by atoms with Gasteiger partial charge < -0.3 is 15.1 Å². The number of aromatic hydroxyl groups is 1. The molecule has 3 heterocycles. The van der Waals surface area contributed by atoms with Gasteiger partial charge in [-0.05, 0) is 18.4 Å². The van der Waals surface area contributed by atoms with Crippen molar-refractivity contribution in [3.8, 4) is 5.75 Å². The molecule has 1 fully saturated rings. The number of aromatic nitrogens is 1. The van der Waals surface area contributed by atoms with Crippen molar-refractivity contribution in [2.45, 2.75) is 25.0 Å². The number of benzene rings is 1. The number of carbonyl (C=O) groups is 1. The van der Waals surface area contributed by atoms with Crippen LogP contribution in [0.3, 0.4) is 0 Å². The second kappa shape index (κ2) is 5.93. The molecule has 2 bridgehead atoms. The average molecular weight is 341 g/mol. The monoisotopic (exact) mass is 341 g/mol. The van der Waals surface area contributed by atoms with Crippen LogP contribution in [0.1, 0.15) is 34.9 Å². The van der Waals surface area contributed by atoms with Gasteiger partial charge in [-0.1, -0.05) is 30.3 Å². The Kier molecular flexibility index (Phi) is 3.73. The molecule has 1 saturated heterocycles. The van der Waals surface area contributed by atoms with Gasteiger partial charge in [0.1, 0.15) is 6.67 Å². The topological polar surface area (TPSA) is 86.0 Å². The first kappa shape index (κ1) is 15.7. The molecule has 0 spiro atoms. The molecule has 4 rings (SSSR count). The number of amides is 1. The van der Waals surface area contributed by atoms with Crippen LogP contribution in [0.15, 0.2) is 47.4 Å². The second-order valence-electron chi connectivity index (χ2n) is 6.49. The van der Waals surface area contributed by atoms with E-state index in [1.807, 2.05) is 35.3 Å². The number of rotatable bonds is 1. The van der Waals surface area contributed by atoms with E-state index in [0.29, 0.717) is 12.8 Å². The van der Waals surface area contributed by atoms with Crippen molar-refractivity contribution in [3.63, 3.8) is 0 Å². The molecule has 2 aromatic rings. The van der Waals surface area contributed by atoms with Gasteiger partial charge in [0, 0.05) is 18.8 Å². The highest BCUT2D eigenvalue weighted by atomic mass is 16.3. The molecule has 7 nitrogen and oxygen atoms in total. The highest BCUT2D eigenvalue weighted by Gasteiger charge is 2.38. The lowest BCUT2D eigenvalue weighted by atomic mass is 9.97. The molecular formula is C18H19N3O4. The summed E-state index contributed by atoms with van der Waals surface area (Å²) in [5.41, 5.74) is 0.416. The number of aliphatic hydroxyl groups excluding tert-OH is 1. The summed E-state index contributed by atoms with van der Waals surface area (Å²) < 4.78 is 1.57. The maximum Gasteiger partial charge on any atom is 0.277 e. The van der Waals surface area contributed by atoms with Gasteiger partial charge in [0.05, 0.1) is 12.1 Å². The van der Waals surface area contributed by atoms with E-state index in [1.165, 1.54) is 17.2 Å². The predicted octanol–water partition coefficient (Wildman–Crippen LogP) is 0.801. The number of hydrogen-bond acceptors (Lipinski definition) is 5. The van der Waals surface area contributed by atoms with Crippen LogP contribution in [0.4, 0.5) is 0 Å². The first-order chi connectivity index (χ1) is 12.1. The average Bonchev–Trinajstić information content (AvgIpc) is 2.60. The van der Waals surface area contributed by atoms with Crippen molar-refractivity contribution in [1.82, 2.24) is 9.58 Å². The number of nitrogens with zero attached hydrogens (tertiary/aromatic N) is 3. The number of hydrogen-bond donors (Lipinski definition) is 2. The summed E-state index contributed by atoms with van der Waals surface area (Å²) in [6.45, 7) is 0.462. The Bertz CT molecular complexity index is 864. The zero-order valence-corrected chi connectivity index (χ0v) is 13.6. The Morgan fingerprint density at radius 1 is 1.04 bits per heavy atom.